The molecule has 0 bridgehead atoms. The number of nitrogens with zero attached hydrogens (tertiary/aromatic N) is 3. The monoisotopic (exact) mass is 341 g/mol. The quantitative estimate of drug-likeness (QED) is 0.542. The number of rotatable bonds is 3. The molecule has 0 aliphatic heterocycles. The fourth-order valence-electron chi connectivity index (χ4n) is 3.17. The minimum absolute atomic E-state index is 0.0270. The van der Waals surface area contributed by atoms with Crippen LogP contribution in [0.25, 0.3) is 33.5 Å². The summed E-state index contributed by atoms with van der Waals surface area (Å²) in [5.74, 6) is 0. The van der Waals surface area contributed by atoms with Crippen LogP contribution in [0.3, 0.4) is 0 Å². The molecule has 2 aromatic carbocycles. The molecule has 4 aromatic rings. The zero-order valence-corrected chi connectivity index (χ0v) is 14.8. The number of benzene rings is 2. The van der Waals surface area contributed by atoms with Crippen molar-refractivity contribution < 1.29 is 0 Å². The highest BCUT2D eigenvalue weighted by Crippen LogP contribution is 2.28. The van der Waals surface area contributed by atoms with Crippen LogP contribution in [0.15, 0.2) is 77.6 Å². The standard InChI is InChI=1S/C22H19N3O/c1-15(2)25-21-18(13-14-19(23-21)16-9-5-3-6-10-16)20(24-22(25)26)17-11-7-4-8-12-17/h3-15H,1-2H3. The molecule has 0 aliphatic carbocycles. The highest BCUT2D eigenvalue weighted by Gasteiger charge is 2.16. The molecule has 4 rings (SSSR count). The van der Waals surface area contributed by atoms with Gasteiger partial charge >= 0.3 is 5.69 Å². The number of hydrogen-bond donors (Lipinski definition) is 0. The average molecular weight is 341 g/mol. The zero-order valence-electron chi connectivity index (χ0n) is 14.8. The van der Waals surface area contributed by atoms with E-state index in [1.54, 1.807) is 4.57 Å². The molecule has 0 fully saturated rings. The molecule has 0 aliphatic rings. The lowest BCUT2D eigenvalue weighted by molar-refractivity contribution is 0.582. The van der Waals surface area contributed by atoms with Gasteiger partial charge in [-0.1, -0.05) is 60.7 Å². The van der Waals surface area contributed by atoms with Gasteiger partial charge in [-0.25, -0.2) is 9.78 Å². The Morgan fingerprint density at radius 2 is 1.38 bits per heavy atom. The van der Waals surface area contributed by atoms with Gasteiger partial charge in [0.2, 0.25) is 0 Å². The predicted octanol–water partition coefficient (Wildman–Crippen LogP) is 4.71. The first-order chi connectivity index (χ1) is 12.6. The summed E-state index contributed by atoms with van der Waals surface area (Å²) < 4.78 is 1.66. The molecule has 0 radical (unpaired) electrons. The lowest BCUT2D eigenvalue weighted by Crippen LogP contribution is -2.26. The maximum atomic E-state index is 12.7. The summed E-state index contributed by atoms with van der Waals surface area (Å²) >= 11 is 0. The highest BCUT2D eigenvalue weighted by molar-refractivity contribution is 5.91. The normalized spacial score (nSPS) is 11.2. The summed E-state index contributed by atoms with van der Waals surface area (Å²) in [5, 5.41) is 0.879. The minimum atomic E-state index is -0.274. The van der Waals surface area contributed by atoms with Crippen LogP contribution in [0, 0.1) is 0 Å². The SMILES string of the molecule is CC(C)n1c(=O)nc(-c2ccccc2)c2ccc(-c3ccccc3)nc21. The number of hydrogen-bond acceptors (Lipinski definition) is 3. The average Bonchev–Trinajstić information content (AvgIpc) is 2.68. The summed E-state index contributed by atoms with van der Waals surface area (Å²) in [6, 6.07) is 23.7. The summed E-state index contributed by atoms with van der Waals surface area (Å²) in [4.78, 5) is 21.9. The number of fused-ring (bicyclic) bond motifs is 1. The smallest absolute Gasteiger partial charge is 0.273 e. The van der Waals surface area contributed by atoms with Gasteiger partial charge in [-0.15, -0.1) is 0 Å². The van der Waals surface area contributed by atoms with Crippen LogP contribution in [-0.2, 0) is 0 Å². The second-order valence-corrected chi connectivity index (χ2v) is 6.51. The zero-order chi connectivity index (χ0) is 18.1. The van der Waals surface area contributed by atoms with Gasteiger partial charge < -0.3 is 0 Å². The summed E-state index contributed by atoms with van der Waals surface area (Å²) in [6.45, 7) is 3.95. The molecule has 26 heavy (non-hydrogen) atoms. The lowest BCUT2D eigenvalue weighted by atomic mass is 10.1. The van der Waals surface area contributed by atoms with E-state index >= 15 is 0 Å². The number of pyridine rings is 1. The lowest BCUT2D eigenvalue weighted by Gasteiger charge is -2.15. The molecule has 128 valence electrons. The fraction of sp³-hybridized carbons (Fsp3) is 0.136. The van der Waals surface area contributed by atoms with Crippen molar-refractivity contribution in [1.82, 2.24) is 14.5 Å². The van der Waals surface area contributed by atoms with E-state index < -0.39 is 0 Å². The Morgan fingerprint density at radius 1 is 0.769 bits per heavy atom. The molecular weight excluding hydrogens is 322 g/mol. The third kappa shape index (κ3) is 2.80. The van der Waals surface area contributed by atoms with E-state index in [0.29, 0.717) is 11.3 Å². The Morgan fingerprint density at radius 3 is 2.00 bits per heavy atom. The van der Waals surface area contributed by atoms with Gasteiger partial charge in [-0.3, -0.25) is 4.57 Å². The van der Waals surface area contributed by atoms with Gasteiger partial charge in [0.25, 0.3) is 0 Å². The van der Waals surface area contributed by atoms with Gasteiger partial charge in [-0.2, -0.15) is 4.98 Å². The van der Waals surface area contributed by atoms with E-state index in [0.717, 1.165) is 22.2 Å². The molecule has 0 spiro atoms. The van der Waals surface area contributed by atoms with Crippen LogP contribution in [-0.4, -0.2) is 14.5 Å². The van der Waals surface area contributed by atoms with E-state index in [1.165, 1.54) is 0 Å². The second kappa shape index (κ2) is 6.56. The van der Waals surface area contributed by atoms with E-state index in [1.807, 2.05) is 86.6 Å². The Kier molecular flexibility index (Phi) is 4.09. The van der Waals surface area contributed by atoms with Crippen LogP contribution >= 0.6 is 0 Å². The number of aromatic nitrogens is 3. The molecule has 2 aromatic heterocycles. The molecule has 0 amide bonds. The van der Waals surface area contributed by atoms with Crippen LogP contribution in [0.5, 0.6) is 0 Å². The first-order valence-corrected chi connectivity index (χ1v) is 8.69. The van der Waals surface area contributed by atoms with Crippen molar-refractivity contribution in [3.05, 3.63) is 83.3 Å². The van der Waals surface area contributed by atoms with E-state index in [2.05, 4.69) is 4.98 Å². The van der Waals surface area contributed by atoms with Gasteiger partial charge in [0.05, 0.1) is 11.4 Å². The molecule has 2 heterocycles. The van der Waals surface area contributed by atoms with Crippen molar-refractivity contribution in [3.8, 4) is 22.5 Å². The van der Waals surface area contributed by atoms with E-state index in [4.69, 9.17) is 4.98 Å². The highest BCUT2D eigenvalue weighted by atomic mass is 16.1. The molecule has 0 atom stereocenters. The van der Waals surface area contributed by atoms with Crippen molar-refractivity contribution in [1.29, 1.82) is 0 Å². The second-order valence-electron chi connectivity index (χ2n) is 6.51. The van der Waals surface area contributed by atoms with Crippen LogP contribution in [0.1, 0.15) is 19.9 Å². The third-order valence-electron chi connectivity index (χ3n) is 4.41. The first-order valence-electron chi connectivity index (χ1n) is 8.69. The van der Waals surface area contributed by atoms with Crippen molar-refractivity contribution in [2.24, 2.45) is 0 Å². The van der Waals surface area contributed by atoms with Crippen LogP contribution in [0.2, 0.25) is 0 Å². The van der Waals surface area contributed by atoms with Gasteiger partial charge in [-0.05, 0) is 26.0 Å². The molecule has 0 saturated heterocycles. The van der Waals surface area contributed by atoms with Crippen molar-refractivity contribution in [3.63, 3.8) is 0 Å². The van der Waals surface area contributed by atoms with Crippen LogP contribution in [0.4, 0.5) is 0 Å². The van der Waals surface area contributed by atoms with Crippen molar-refractivity contribution in [2.75, 3.05) is 0 Å². The minimum Gasteiger partial charge on any atom is -0.273 e. The maximum absolute atomic E-state index is 12.7. The predicted molar refractivity (Wildman–Crippen MR) is 105 cm³/mol. The van der Waals surface area contributed by atoms with Crippen LogP contribution < -0.4 is 5.69 Å². The molecule has 0 N–H and O–H groups in total. The van der Waals surface area contributed by atoms with Gasteiger partial charge in [0, 0.05) is 22.6 Å². The largest absolute Gasteiger partial charge is 0.350 e. The van der Waals surface area contributed by atoms with Crippen molar-refractivity contribution in [2.45, 2.75) is 19.9 Å². The van der Waals surface area contributed by atoms with E-state index in [-0.39, 0.29) is 11.7 Å². The topological polar surface area (TPSA) is 47.8 Å². The van der Waals surface area contributed by atoms with Crippen molar-refractivity contribution >= 4 is 11.0 Å². The summed E-state index contributed by atoms with van der Waals surface area (Å²) in [6.07, 6.45) is 0. The third-order valence-corrected chi connectivity index (χ3v) is 4.41. The molecule has 0 unspecified atom stereocenters. The Hall–Kier alpha value is -3.27. The fourth-order valence-corrected chi connectivity index (χ4v) is 3.17. The molecule has 4 nitrogen and oxygen atoms in total. The Balaban J connectivity index is 2.05. The van der Waals surface area contributed by atoms with E-state index in [9.17, 15) is 4.79 Å². The van der Waals surface area contributed by atoms with Gasteiger partial charge in [0.15, 0.2) is 0 Å². The molecule has 4 heteroatoms. The Labute approximate surface area is 151 Å². The van der Waals surface area contributed by atoms with Gasteiger partial charge in [0.1, 0.15) is 5.65 Å². The summed E-state index contributed by atoms with van der Waals surface area (Å²) in [7, 11) is 0. The maximum Gasteiger partial charge on any atom is 0.350 e. The summed E-state index contributed by atoms with van der Waals surface area (Å²) in [5.41, 5.74) is 3.85. The first kappa shape index (κ1) is 16.2. The Bertz CT molecular complexity index is 1120. The molecular formula is C22H19N3O. The molecule has 0 saturated carbocycles.